The fraction of sp³-hybridized carbons (Fsp3) is 0.636. The van der Waals surface area contributed by atoms with Crippen molar-refractivity contribution in [3.63, 3.8) is 0 Å². The molecular weight excluding hydrogens is 178 g/mol. The van der Waals surface area contributed by atoms with E-state index in [1.807, 2.05) is 18.4 Å². The summed E-state index contributed by atoms with van der Waals surface area (Å²) < 4.78 is 0. The van der Waals surface area contributed by atoms with E-state index >= 15 is 0 Å². The van der Waals surface area contributed by atoms with Crippen molar-refractivity contribution < 1.29 is 0 Å². The normalized spacial score (nSPS) is 14.5. The van der Waals surface area contributed by atoms with Crippen molar-refractivity contribution in [2.24, 2.45) is 5.41 Å². The maximum atomic E-state index is 3.37. The summed E-state index contributed by atoms with van der Waals surface area (Å²) in [4.78, 5) is 1.44. The van der Waals surface area contributed by atoms with Gasteiger partial charge >= 0.3 is 0 Å². The molecule has 74 valence electrons. The average Bonchev–Trinajstić information content (AvgIpc) is 2.50. The summed E-state index contributed by atoms with van der Waals surface area (Å²) in [7, 11) is 2.04. The molecule has 0 saturated heterocycles. The Morgan fingerprint density at radius 1 is 1.46 bits per heavy atom. The first-order valence-corrected chi connectivity index (χ1v) is 5.61. The van der Waals surface area contributed by atoms with Crippen molar-refractivity contribution in [3.8, 4) is 0 Å². The number of nitrogens with one attached hydrogen (secondary N) is 1. The van der Waals surface area contributed by atoms with Crippen LogP contribution in [-0.4, -0.2) is 7.05 Å². The summed E-state index contributed by atoms with van der Waals surface area (Å²) in [5.41, 5.74) is 0.387. The van der Waals surface area contributed by atoms with Crippen LogP contribution in [0.5, 0.6) is 0 Å². The van der Waals surface area contributed by atoms with Gasteiger partial charge in [0.15, 0.2) is 0 Å². The predicted molar refractivity (Wildman–Crippen MR) is 60.2 cm³/mol. The van der Waals surface area contributed by atoms with Crippen LogP contribution in [0.3, 0.4) is 0 Å². The first-order chi connectivity index (χ1) is 6.03. The number of hydrogen-bond donors (Lipinski definition) is 1. The molecule has 1 atom stereocenters. The minimum absolute atomic E-state index is 0.387. The van der Waals surface area contributed by atoms with Crippen LogP contribution < -0.4 is 5.32 Å². The molecule has 0 aliphatic heterocycles. The maximum absolute atomic E-state index is 3.37. The first-order valence-electron chi connectivity index (χ1n) is 4.73. The lowest BCUT2D eigenvalue weighted by molar-refractivity contribution is 0.323. The topological polar surface area (TPSA) is 12.0 Å². The van der Waals surface area contributed by atoms with Crippen molar-refractivity contribution >= 4 is 11.3 Å². The molecule has 13 heavy (non-hydrogen) atoms. The summed E-state index contributed by atoms with van der Waals surface area (Å²) in [6, 6.07) is 4.84. The second-order valence-corrected chi connectivity index (χ2v) is 5.60. The molecule has 0 saturated carbocycles. The van der Waals surface area contributed by atoms with E-state index < -0.39 is 0 Å². The molecule has 1 unspecified atom stereocenters. The van der Waals surface area contributed by atoms with Gasteiger partial charge in [-0.1, -0.05) is 26.8 Å². The zero-order valence-electron chi connectivity index (χ0n) is 8.92. The van der Waals surface area contributed by atoms with Crippen LogP contribution in [0.2, 0.25) is 0 Å². The van der Waals surface area contributed by atoms with Gasteiger partial charge in [-0.3, -0.25) is 0 Å². The minimum atomic E-state index is 0.387. The molecule has 2 heteroatoms. The molecule has 0 amide bonds. The molecule has 0 spiro atoms. The lowest BCUT2D eigenvalue weighted by Crippen LogP contribution is -2.21. The van der Waals surface area contributed by atoms with Gasteiger partial charge < -0.3 is 5.32 Å². The molecule has 0 fully saturated rings. The van der Waals surface area contributed by atoms with Crippen LogP contribution in [0.25, 0.3) is 0 Å². The van der Waals surface area contributed by atoms with Crippen molar-refractivity contribution in [1.82, 2.24) is 5.32 Å². The van der Waals surface area contributed by atoms with Gasteiger partial charge in [0.1, 0.15) is 0 Å². The van der Waals surface area contributed by atoms with Gasteiger partial charge in [-0.25, -0.2) is 0 Å². The zero-order valence-corrected chi connectivity index (χ0v) is 9.74. The highest BCUT2D eigenvalue weighted by molar-refractivity contribution is 7.10. The standard InChI is InChI=1S/C11H19NS/c1-11(2,3)8-9(12-4)10-6-5-7-13-10/h5-7,9,12H,8H2,1-4H3. The second kappa shape index (κ2) is 4.25. The zero-order chi connectivity index (χ0) is 9.90. The van der Waals surface area contributed by atoms with Gasteiger partial charge in [-0.2, -0.15) is 0 Å². The van der Waals surface area contributed by atoms with Gasteiger partial charge in [0, 0.05) is 10.9 Å². The SMILES string of the molecule is CNC(CC(C)(C)C)c1cccs1. The van der Waals surface area contributed by atoms with Gasteiger partial charge in [-0.05, 0) is 30.3 Å². The Kier molecular flexibility index (Phi) is 3.51. The number of hydrogen-bond acceptors (Lipinski definition) is 2. The van der Waals surface area contributed by atoms with E-state index in [2.05, 4.69) is 43.6 Å². The van der Waals surface area contributed by atoms with Crippen molar-refractivity contribution in [2.45, 2.75) is 33.2 Å². The minimum Gasteiger partial charge on any atom is -0.312 e. The van der Waals surface area contributed by atoms with Crippen LogP contribution in [0.15, 0.2) is 17.5 Å². The predicted octanol–water partition coefficient (Wildman–Crippen LogP) is 3.44. The Labute approximate surface area is 85.2 Å². The fourth-order valence-corrected chi connectivity index (χ4v) is 2.28. The summed E-state index contributed by atoms with van der Waals surface area (Å²) in [6.45, 7) is 6.85. The van der Waals surface area contributed by atoms with Crippen LogP contribution in [0, 0.1) is 5.41 Å². The van der Waals surface area contributed by atoms with Gasteiger partial charge in [0.05, 0.1) is 0 Å². The van der Waals surface area contributed by atoms with Crippen molar-refractivity contribution in [1.29, 1.82) is 0 Å². The molecule has 1 N–H and O–H groups in total. The Balaban J connectivity index is 2.64. The van der Waals surface area contributed by atoms with Crippen molar-refractivity contribution in [3.05, 3.63) is 22.4 Å². The van der Waals surface area contributed by atoms with E-state index in [-0.39, 0.29) is 0 Å². The molecule has 1 heterocycles. The van der Waals surface area contributed by atoms with Gasteiger partial charge in [0.2, 0.25) is 0 Å². The summed E-state index contributed by atoms with van der Waals surface area (Å²) in [5, 5.41) is 5.51. The Bertz CT molecular complexity index is 233. The lowest BCUT2D eigenvalue weighted by Gasteiger charge is -2.24. The molecule has 1 aromatic heterocycles. The third-order valence-corrected chi connectivity index (χ3v) is 3.04. The average molecular weight is 197 g/mol. The van der Waals surface area contributed by atoms with E-state index in [4.69, 9.17) is 0 Å². The molecule has 0 aromatic carbocycles. The van der Waals surface area contributed by atoms with E-state index in [9.17, 15) is 0 Å². The number of rotatable bonds is 3. The third-order valence-electron chi connectivity index (χ3n) is 2.05. The smallest absolute Gasteiger partial charge is 0.0417 e. The highest BCUT2D eigenvalue weighted by Gasteiger charge is 2.19. The fourth-order valence-electron chi connectivity index (χ4n) is 1.45. The van der Waals surface area contributed by atoms with Crippen LogP contribution >= 0.6 is 11.3 Å². The summed E-state index contributed by atoms with van der Waals surface area (Å²) in [5.74, 6) is 0. The summed E-state index contributed by atoms with van der Waals surface area (Å²) >= 11 is 1.83. The molecule has 1 aromatic rings. The Morgan fingerprint density at radius 3 is 2.54 bits per heavy atom. The molecule has 0 bridgehead atoms. The van der Waals surface area contributed by atoms with Gasteiger partial charge in [-0.15, -0.1) is 11.3 Å². The van der Waals surface area contributed by atoms with Crippen molar-refractivity contribution in [2.75, 3.05) is 7.05 Å². The van der Waals surface area contributed by atoms with Crippen LogP contribution in [0.1, 0.15) is 38.1 Å². The maximum Gasteiger partial charge on any atom is 0.0417 e. The molecule has 0 aliphatic carbocycles. The molecule has 1 nitrogen and oxygen atoms in total. The molecule has 1 rings (SSSR count). The van der Waals surface area contributed by atoms with E-state index in [1.54, 1.807) is 0 Å². The largest absolute Gasteiger partial charge is 0.312 e. The molecule has 0 radical (unpaired) electrons. The highest BCUT2D eigenvalue weighted by Crippen LogP contribution is 2.30. The number of thiophene rings is 1. The first kappa shape index (κ1) is 10.7. The van der Waals surface area contributed by atoms with Crippen LogP contribution in [0.4, 0.5) is 0 Å². The van der Waals surface area contributed by atoms with E-state index in [1.165, 1.54) is 11.3 Å². The van der Waals surface area contributed by atoms with Gasteiger partial charge in [0.25, 0.3) is 0 Å². The molecular formula is C11H19NS. The van der Waals surface area contributed by atoms with E-state index in [0.29, 0.717) is 11.5 Å². The third kappa shape index (κ3) is 3.49. The van der Waals surface area contributed by atoms with Crippen LogP contribution in [-0.2, 0) is 0 Å². The van der Waals surface area contributed by atoms with E-state index in [0.717, 1.165) is 0 Å². The second-order valence-electron chi connectivity index (χ2n) is 4.62. The monoisotopic (exact) mass is 197 g/mol. The quantitative estimate of drug-likeness (QED) is 0.782. The lowest BCUT2D eigenvalue weighted by atomic mass is 9.87. The molecule has 0 aliphatic rings. The Hall–Kier alpha value is -0.340. The summed E-state index contributed by atoms with van der Waals surface area (Å²) in [6.07, 6.45) is 1.18. The Morgan fingerprint density at radius 2 is 2.15 bits per heavy atom. The highest BCUT2D eigenvalue weighted by atomic mass is 32.1.